The van der Waals surface area contributed by atoms with Gasteiger partial charge in [0, 0.05) is 35.0 Å². The van der Waals surface area contributed by atoms with Crippen LogP contribution in [0.15, 0.2) is 12.3 Å². The van der Waals surface area contributed by atoms with Crippen molar-refractivity contribution in [2.45, 2.75) is 6.92 Å². The number of hydrogen-bond acceptors (Lipinski definition) is 5. The van der Waals surface area contributed by atoms with Gasteiger partial charge in [-0.1, -0.05) is 6.92 Å². The van der Waals surface area contributed by atoms with Crippen LogP contribution >= 0.6 is 0 Å². The van der Waals surface area contributed by atoms with Crippen molar-refractivity contribution in [3.8, 4) is 6.07 Å². The van der Waals surface area contributed by atoms with Gasteiger partial charge in [0.1, 0.15) is 11.8 Å². The molecule has 80 valence electrons. The average Bonchev–Trinajstić information content (AvgIpc) is 2.29. The molecule has 0 spiro atoms. The number of hydrogen-bond donors (Lipinski definition) is 1. The molecule has 0 bridgehead atoms. The van der Waals surface area contributed by atoms with E-state index in [1.807, 2.05) is 13.0 Å². The zero-order valence-corrected chi connectivity index (χ0v) is 9.25. The molecule has 1 aromatic rings. The fourth-order valence-corrected chi connectivity index (χ4v) is 1.55. The zero-order chi connectivity index (χ0) is 11.1. The number of anilines is 1. The van der Waals surface area contributed by atoms with Gasteiger partial charge in [0.15, 0.2) is 0 Å². The van der Waals surface area contributed by atoms with Crippen LogP contribution in [0.4, 0.5) is 5.95 Å². The summed E-state index contributed by atoms with van der Waals surface area (Å²) in [5.41, 5.74) is 0.323. The van der Waals surface area contributed by atoms with Crippen LogP contribution in [-0.2, 0) is 10.8 Å². The number of aromatic nitrogens is 2. The van der Waals surface area contributed by atoms with Crippen molar-refractivity contribution < 1.29 is 4.21 Å². The largest absolute Gasteiger partial charge is 0.353 e. The quantitative estimate of drug-likeness (QED) is 0.789. The van der Waals surface area contributed by atoms with Crippen molar-refractivity contribution in [3.05, 3.63) is 18.0 Å². The summed E-state index contributed by atoms with van der Waals surface area (Å²) < 4.78 is 11.1. The van der Waals surface area contributed by atoms with Crippen molar-refractivity contribution in [1.82, 2.24) is 9.97 Å². The van der Waals surface area contributed by atoms with E-state index in [9.17, 15) is 4.21 Å². The smallest absolute Gasteiger partial charge is 0.223 e. The summed E-state index contributed by atoms with van der Waals surface area (Å²) in [5.74, 6) is 1.62. The monoisotopic (exact) mass is 224 g/mol. The third kappa shape index (κ3) is 4.04. The maximum atomic E-state index is 11.1. The van der Waals surface area contributed by atoms with Gasteiger partial charge in [0.25, 0.3) is 0 Å². The maximum absolute atomic E-state index is 11.1. The first-order valence-electron chi connectivity index (χ1n) is 4.58. The van der Waals surface area contributed by atoms with Crippen molar-refractivity contribution >= 4 is 16.7 Å². The summed E-state index contributed by atoms with van der Waals surface area (Å²) in [6.45, 7) is 2.43. The molecule has 0 radical (unpaired) electrons. The normalized spacial score (nSPS) is 11.7. The second-order valence-electron chi connectivity index (χ2n) is 2.74. The van der Waals surface area contributed by atoms with Crippen LogP contribution in [-0.4, -0.2) is 32.2 Å². The van der Waals surface area contributed by atoms with Gasteiger partial charge < -0.3 is 5.32 Å². The molecule has 0 amide bonds. The molecule has 0 aliphatic carbocycles. The van der Waals surface area contributed by atoms with E-state index in [4.69, 9.17) is 5.26 Å². The van der Waals surface area contributed by atoms with Crippen LogP contribution in [0.2, 0.25) is 0 Å². The highest BCUT2D eigenvalue weighted by Crippen LogP contribution is 1.98. The van der Waals surface area contributed by atoms with E-state index in [1.165, 1.54) is 12.3 Å². The Balaban J connectivity index is 2.44. The molecule has 5 nitrogen and oxygen atoms in total. The van der Waals surface area contributed by atoms with E-state index in [0.29, 0.717) is 29.7 Å². The predicted octanol–water partition coefficient (Wildman–Crippen LogP) is 0.529. The van der Waals surface area contributed by atoms with Crippen molar-refractivity contribution in [2.24, 2.45) is 0 Å². The molecule has 6 heteroatoms. The molecular formula is C9H12N4OS. The molecule has 15 heavy (non-hydrogen) atoms. The molecule has 0 aliphatic heterocycles. The van der Waals surface area contributed by atoms with E-state index >= 15 is 0 Å². The molecule has 0 saturated heterocycles. The maximum Gasteiger partial charge on any atom is 0.223 e. The fraction of sp³-hybridized carbons (Fsp3) is 0.444. The van der Waals surface area contributed by atoms with E-state index in [-0.39, 0.29) is 0 Å². The highest BCUT2D eigenvalue weighted by atomic mass is 32.2. The number of nitrogens with zero attached hydrogens (tertiary/aromatic N) is 3. The van der Waals surface area contributed by atoms with Crippen LogP contribution in [0.1, 0.15) is 12.6 Å². The summed E-state index contributed by atoms with van der Waals surface area (Å²) in [6, 6.07) is 3.46. The van der Waals surface area contributed by atoms with Crippen LogP contribution in [0.5, 0.6) is 0 Å². The lowest BCUT2D eigenvalue weighted by Gasteiger charge is -2.03. The number of nitrogens with one attached hydrogen (secondary N) is 1. The molecule has 1 aromatic heterocycles. The lowest BCUT2D eigenvalue weighted by Crippen LogP contribution is -2.13. The van der Waals surface area contributed by atoms with Gasteiger partial charge in [0.2, 0.25) is 5.95 Å². The number of nitriles is 1. The minimum Gasteiger partial charge on any atom is -0.353 e. The van der Waals surface area contributed by atoms with E-state index in [2.05, 4.69) is 15.3 Å². The molecule has 1 atom stereocenters. The Morgan fingerprint density at radius 2 is 2.47 bits per heavy atom. The Morgan fingerprint density at radius 3 is 3.13 bits per heavy atom. The van der Waals surface area contributed by atoms with E-state index < -0.39 is 10.8 Å². The van der Waals surface area contributed by atoms with Gasteiger partial charge in [-0.3, -0.25) is 4.21 Å². The molecule has 0 aromatic carbocycles. The van der Waals surface area contributed by atoms with Crippen LogP contribution in [0, 0.1) is 11.3 Å². The number of rotatable bonds is 5. The van der Waals surface area contributed by atoms with E-state index in [1.54, 1.807) is 0 Å². The van der Waals surface area contributed by atoms with E-state index in [0.717, 1.165) is 0 Å². The van der Waals surface area contributed by atoms with Gasteiger partial charge in [-0.15, -0.1) is 0 Å². The molecular weight excluding hydrogens is 212 g/mol. The summed E-state index contributed by atoms with van der Waals surface area (Å²) in [6.07, 6.45) is 1.52. The lowest BCUT2D eigenvalue weighted by molar-refractivity contribution is 0.684. The molecule has 1 heterocycles. The summed E-state index contributed by atoms with van der Waals surface area (Å²) in [4.78, 5) is 7.87. The Hall–Kier alpha value is -1.48. The molecule has 0 fully saturated rings. The third-order valence-electron chi connectivity index (χ3n) is 1.70. The molecule has 1 unspecified atom stereocenters. The summed E-state index contributed by atoms with van der Waals surface area (Å²) >= 11 is 0. The zero-order valence-electron chi connectivity index (χ0n) is 8.43. The minimum absolute atomic E-state index is 0.323. The predicted molar refractivity (Wildman–Crippen MR) is 58.8 cm³/mol. The third-order valence-corrected chi connectivity index (χ3v) is 3.01. The first-order chi connectivity index (χ1) is 7.26. The van der Waals surface area contributed by atoms with Gasteiger partial charge in [0.05, 0.1) is 0 Å². The van der Waals surface area contributed by atoms with Crippen LogP contribution < -0.4 is 5.32 Å². The Labute approximate surface area is 91.0 Å². The highest BCUT2D eigenvalue weighted by Gasteiger charge is 1.99. The van der Waals surface area contributed by atoms with Crippen LogP contribution in [0.3, 0.4) is 0 Å². The topological polar surface area (TPSA) is 78.7 Å². The van der Waals surface area contributed by atoms with Gasteiger partial charge in [-0.25, -0.2) is 9.97 Å². The SMILES string of the molecule is CCS(=O)CCNc1nccc(C#N)n1. The summed E-state index contributed by atoms with van der Waals surface area (Å²) in [7, 11) is -0.791. The molecule has 1 rings (SSSR count). The lowest BCUT2D eigenvalue weighted by atomic mass is 10.4. The Bertz CT molecular complexity index is 388. The Morgan fingerprint density at radius 1 is 1.67 bits per heavy atom. The Kier molecular flexibility index (Phi) is 4.71. The first-order valence-corrected chi connectivity index (χ1v) is 6.07. The van der Waals surface area contributed by atoms with Crippen LogP contribution in [0.25, 0.3) is 0 Å². The molecule has 1 N–H and O–H groups in total. The minimum atomic E-state index is -0.791. The average molecular weight is 224 g/mol. The van der Waals surface area contributed by atoms with Gasteiger partial charge in [-0.2, -0.15) is 5.26 Å². The molecule has 0 saturated carbocycles. The second-order valence-corrected chi connectivity index (χ2v) is 4.60. The highest BCUT2D eigenvalue weighted by molar-refractivity contribution is 7.84. The van der Waals surface area contributed by atoms with Crippen molar-refractivity contribution in [2.75, 3.05) is 23.4 Å². The summed E-state index contributed by atoms with van der Waals surface area (Å²) in [5, 5.41) is 11.5. The van der Waals surface area contributed by atoms with Gasteiger partial charge >= 0.3 is 0 Å². The molecule has 0 aliphatic rings. The first kappa shape index (κ1) is 11.6. The fourth-order valence-electron chi connectivity index (χ4n) is 0.927. The van der Waals surface area contributed by atoms with Crippen molar-refractivity contribution in [3.63, 3.8) is 0 Å². The standard InChI is InChI=1S/C9H12N4OS/c1-2-15(14)6-5-12-9-11-4-3-8(7-10)13-9/h3-4H,2,5-6H2,1H3,(H,11,12,13). The van der Waals surface area contributed by atoms with Gasteiger partial charge in [-0.05, 0) is 6.07 Å². The second kappa shape index (κ2) is 6.09. The van der Waals surface area contributed by atoms with Crippen molar-refractivity contribution in [1.29, 1.82) is 5.26 Å².